The predicted molar refractivity (Wildman–Crippen MR) is 91.1 cm³/mol. The fraction of sp³-hybridized carbons (Fsp3) is 0.579. The highest BCUT2D eigenvalue weighted by Crippen LogP contribution is 2.34. The molecule has 0 saturated heterocycles. The molecule has 0 radical (unpaired) electrons. The molecule has 1 saturated carbocycles. The van der Waals surface area contributed by atoms with Gasteiger partial charge in [-0.15, -0.1) is 0 Å². The molecular weight excluding hydrogens is 272 g/mol. The maximum Gasteiger partial charge on any atom is 0.133 e. The van der Waals surface area contributed by atoms with Crippen LogP contribution in [0.2, 0.25) is 0 Å². The Bertz CT molecular complexity index is 505. The summed E-state index contributed by atoms with van der Waals surface area (Å²) in [4.78, 5) is 8.76. The smallest absolute Gasteiger partial charge is 0.133 e. The Morgan fingerprint density at radius 1 is 1.05 bits per heavy atom. The summed E-state index contributed by atoms with van der Waals surface area (Å²) in [5.41, 5.74) is 2.43. The fourth-order valence-electron chi connectivity index (χ4n) is 3.55. The van der Waals surface area contributed by atoms with Crippen molar-refractivity contribution < 1.29 is 4.84 Å². The van der Waals surface area contributed by atoms with Gasteiger partial charge in [-0.05, 0) is 37.8 Å². The highest BCUT2D eigenvalue weighted by Gasteiger charge is 2.36. The summed E-state index contributed by atoms with van der Waals surface area (Å²) in [5, 5.41) is 2.16. The zero-order valence-corrected chi connectivity index (χ0v) is 14.0. The van der Waals surface area contributed by atoms with Gasteiger partial charge in [0.1, 0.15) is 6.17 Å². The Hall–Kier alpha value is -1.48. The largest absolute Gasteiger partial charge is 0.323 e. The van der Waals surface area contributed by atoms with Crippen molar-refractivity contribution in [3.63, 3.8) is 0 Å². The van der Waals surface area contributed by atoms with Crippen LogP contribution in [0.4, 0.5) is 5.69 Å². The summed E-state index contributed by atoms with van der Waals surface area (Å²) in [5.74, 6) is 0.484. The monoisotopic (exact) mass is 300 g/mol. The molecule has 0 amide bonds. The van der Waals surface area contributed by atoms with Crippen LogP contribution in [0.25, 0.3) is 0 Å². The van der Waals surface area contributed by atoms with Crippen molar-refractivity contribution in [1.29, 1.82) is 0 Å². The molecule has 0 N–H and O–H groups in total. The van der Waals surface area contributed by atoms with Crippen LogP contribution in [0.15, 0.2) is 42.2 Å². The van der Waals surface area contributed by atoms with Crippen molar-refractivity contribution in [2.75, 3.05) is 4.90 Å². The maximum atomic E-state index is 6.41. The van der Waals surface area contributed by atoms with E-state index in [1.54, 1.807) is 0 Å². The Labute approximate surface area is 134 Å². The molecule has 120 valence electrons. The van der Waals surface area contributed by atoms with Crippen LogP contribution in [-0.2, 0) is 4.84 Å². The van der Waals surface area contributed by atoms with E-state index in [0.717, 1.165) is 0 Å². The number of hydrogen-bond donors (Lipinski definition) is 0. The molecule has 3 heteroatoms. The highest BCUT2D eigenvalue weighted by atomic mass is 16.7. The van der Waals surface area contributed by atoms with Gasteiger partial charge in [0.05, 0.1) is 11.8 Å². The molecule has 1 aliphatic carbocycles. The second-order valence-corrected chi connectivity index (χ2v) is 6.86. The number of allylic oxidation sites excluding steroid dienone is 1. The molecule has 0 aromatic heterocycles. The maximum absolute atomic E-state index is 6.41. The van der Waals surface area contributed by atoms with Crippen molar-refractivity contribution in [3.8, 4) is 0 Å². The molecule has 1 unspecified atom stereocenters. The highest BCUT2D eigenvalue weighted by molar-refractivity contribution is 5.52. The summed E-state index contributed by atoms with van der Waals surface area (Å²) in [6.45, 7) is 6.69. The van der Waals surface area contributed by atoms with Crippen LogP contribution >= 0.6 is 0 Å². The van der Waals surface area contributed by atoms with Crippen molar-refractivity contribution in [1.82, 2.24) is 5.06 Å². The summed E-state index contributed by atoms with van der Waals surface area (Å²) in [6, 6.07) is 10.6. The van der Waals surface area contributed by atoms with Crippen LogP contribution in [0.1, 0.15) is 52.9 Å². The standard InChI is InChI=1S/C19H28N2O/c1-15(2)19-20(17-10-6-4-7-11-17)14-16(3)21(19)22-18-12-8-5-9-13-18/h4,6-7,10-11,14-15,18-19H,5,8-9,12-13H2,1-3H3. The lowest BCUT2D eigenvalue weighted by atomic mass is 9.98. The van der Waals surface area contributed by atoms with Gasteiger partial charge < -0.3 is 4.90 Å². The molecular formula is C19H28N2O. The van der Waals surface area contributed by atoms with Crippen molar-refractivity contribution >= 4 is 5.69 Å². The molecule has 0 bridgehead atoms. The van der Waals surface area contributed by atoms with E-state index < -0.39 is 0 Å². The lowest BCUT2D eigenvalue weighted by Crippen LogP contribution is -2.45. The van der Waals surface area contributed by atoms with E-state index in [1.165, 1.54) is 43.5 Å². The normalized spacial score (nSPS) is 23.3. The number of hydroxylamine groups is 2. The van der Waals surface area contributed by atoms with E-state index in [1.807, 2.05) is 0 Å². The number of benzene rings is 1. The van der Waals surface area contributed by atoms with Gasteiger partial charge in [-0.1, -0.05) is 51.3 Å². The van der Waals surface area contributed by atoms with Crippen LogP contribution in [0, 0.1) is 5.92 Å². The van der Waals surface area contributed by atoms with Gasteiger partial charge in [0, 0.05) is 11.9 Å². The van der Waals surface area contributed by atoms with Gasteiger partial charge in [0.2, 0.25) is 0 Å². The van der Waals surface area contributed by atoms with Gasteiger partial charge in [0.15, 0.2) is 0 Å². The lowest BCUT2D eigenvalue weighted by molar-refractivity contribution is -0.204. The topological polar surface area (TPSA) is 15.7 Å². The minimum Gasteiger partial charge on any atom is -0.323 e. The SMILES string of the molecule is CC1=CN(c2ccccc2)C(C(C)C)N1OC1CCCCC1. The van der Waals surface area contributed by atoms with Gasteiger partial charge in [-0.3, -0.25) is 4.84 Å². The molecule has 1 fully saturated rings. The average Bonchev–Trinajstić information content (AvgIpc) is 2.86. The van der Waals surface area contributed by atoms with E-state index in [9.17, 15) is 0 Å². The molecule has 3 rings (SSSR count). The molecule has 0 spiro atoms. The second kappa shape index (κ2) is 6.74. The lowest BCUT2D eigenvalue weighted by Gasteiger charge is -2.38. The average molecular weight is 300 g/mol. The third-order valence-electron chi connectivity index (χ3n) is 4.66. The molecule has 1 heterocycles. The number of hydrogen-bond acceptors (Lipinski definition) is 3. The van der Waals surface area contributed by atoms with E-state index >= 15 is 0 Å². The van der Waals surface area contributed by atoms with Crippen LogP contribution in [0.5, 0.6) is 0 Å². The zero-order valence-electron chi connectivity index (χ0n) is 14.0. The van der Waals surface area contributed by atoms with E-state index in [0.29, 0.717) is 12.0 Å². The van der Waals surface area contributed by atoms with Crippen molar-refractivity contribution in [2.45, 2.75) is 65.1 Å². The van der Waals surface area contributed by atoms with Crippen LogP contribution in [-0.4, -0.2) is 17.3 Å². The number of para-hydroxylation sites is 1. The van der Waals surface area contributed by atoms with Crippen molar-refractivity contribution in [2.24, 2.45) is 5.92 Å². The molecule has 1 atom stereocenters. The molecule has 22 heavy (non-hydrogen) atoms. The predicted octanol–water partition coefficient (Wildman–Crippen LogP) is 4.92. The minimum atomic E-state index is 0.240. The Morgan fingerprint density at radius 3 is 2.36 bits per heavy atom. The second-order valence-electron chi connectivity index (χ2n) is 6.86. The quantitative estimate of drug-likeness (QED) is 0.785. The first-order valence-electron chi connectivity index (χ1n) is 8.64. The summed E-state index contributed by atoms with van der Waals surface area (Å²) in [7, 11) is 0. The molecule has 2 aliphatic rings. The fourth-order valence-corrected chi connectivity index (χ4v) is 3.55. The Kier molecular flexibility index (Phi) is 4.72. The number of anilines is 1. The van der Waals surface area contributed by atoms with Crippen molar-refractivity contribution in [3.05, 3.63) is 42.2 Å². The molecule has 1 aliphatic heterocycles. The number of rotatable bonds is 4. The van der Waals surface area contributed by atoms with Gasteiger partial charge in [0.25, 0.3) is 0 Å². The molecule has 1 aromatic rings. The van der Waals surface area contributed by atoms with E-state index in [4.69, 9.17) is 4.84 Å². The summed E-state index contributed by atoms with van der Waals surface area (Å²) < 4.78 is 0. The molecule has 1 aromatic carbocycles. The molecule has 3 nitrogen and oxygen atoms in total. The summed E-state index contributed by atoms with van der Waals surface area (Å²) in [6.07, 6.45) is 9.20. The Balaban J connectivity index is 1.79. The Morgan fingerprint density at radius 2 is 1.73 bits per heavy atom. The van der Waals surface area contributed by atoms with E-state index in [2.05, 4.69) is 67.3 Å². The zero-order chi connectivity index (χ0) is 15.5. The summed E-state index contributed by atoms with van der Waals surface area (Å²) >= 11 is 0. The van der Waals surface area contributed by atoms with Gasteiger partial charge >= 0.3 is 0 Å². The first kappa shape index (κ1) is 15.4. The minimum absolute atomic E-state index is 0.240. The first-order valence-corrected chi connectivity index (χ1v) is 8.64. The van der Waals surface area contributed by atoms with Gasteiger partial charge in [-0.25, -0.2) is 5.06 Å². The third-order valence-corrected chi connectivity index (χ3v) is 4.66. The van der Waals surface area contributed by atoms with Gasteiger partial charge in [-0.2, -0.15) is 0 Å². The third kappa shape index (κ3) is 3.14. The van der Waals surface area contributed by atoms with E-state index in [-0.39, 0.29) is 6.17 Å². The van der Waals surface area contributed by atoms with Crippen LogP contribution < -0.4 is 4.90 Å². The number of nitrogens with zero attached hydrogens (tertiary/aromatic N) is 2. The van der Waals surface area contributed by atoms with Crippen LogP contribution in [0.3, 0.4) is 0 Å². The first-order chi connectivity index (χ1) is 10.7.